The van der Waals surface area contributed by atoms with Crippen molar-refractivity contribution in [3.63, 3.8) is 0 Å². The molecule has 4 aliphatic carbocycles. The quantitative estimate of drug-likeness (QED) is 0.550. The van der Waals surface area contributed by atoms with Gasteiger partial charge in [-0.25, -0.2) is 0 Å². The normalized spacial score (nSPS) is 24.8. The van der Waals surface area contributed by atoms with Crippen LogP contribution in [-0.4, -0.2) is 0 Å². The van der Waals surface area contributed by atoms with Crippen LogP contribution in [0.3, 0.4) is 0 Å². The van der Waals surface area contributed by atoms with Crippen molar-refractivity contribution in [2.24, 2.45) is 0 Å². The summed E-state index contributed by atoms with van der Waals surface area (Å²) in [7, 11) is 0. The Hall–Kier alpha value is -0.0969. The predicted molar refractivity (Wildman–Crippen MR) is 95.0 cm³/mol. The molecule has 0 aromatic heterocycles. The summed E-state index contributed by atoms with van der Waals surface area (Å²) in [6, 6.07) is 0. The fourth-order valence-corrected chi connectivity index (χ4v) is 9.82. The van der Waals surface area contributed by atoms with E-state index in [1.165, 1.54) is 51.4 Å². The number of halogens is 2. The SMILES string of the molecule is C1=C[C]([Zr+2][C]2(C3=CCCCC3)C=CC=C2)(C2=CCCCC2)C=C1.[Cl-].[Cl-]. The van der Waals surface area contributed by atoms with E-state index in [0.717, 1.165) is 0 Å². The third-order valence-corrected chi connectivity index (χ3v) is 11.0. The Balaban J connectivity index is 0.00000113. The Bertz CT molecular complexity index is 569. The van der Waals surface area contributed by atoms with E-state index in [0.29, 0.717) is 6.25 Å². The molecule has 0 radical (unpaired) electrons. The molecule has 4 aliphatic rings. The second-order valence-corrected chi connectivity index (χ2v) is 11.9. The molecule has 0 N–H and O–H groups in total. The van der Waals surface area contributed by atoms with E-state index in [2.05, 4.69) is 60.8 Å². The third kappa shape index (κ3) is 4.26. The molecular formula is C22H26Cl2Zr. The fourth-order valence-electron chi connectivity index (χ4n) is 4.47. The smallest absolute Gasteiger partial charge is 1.00 e. The van der Waals surface area contributed by atoms with Crippen LogP contribution >= 0.6 is 0 Å². The average Bonchev–Trinajstić information content (AvgIpc) is 3.28. The Labute approximate surface area is 176 Å². The first kappa shape index (κ1) is 21.2. The zero-order valence-electron chi connectivity index (χ0n) is 14.7. The van der Waals surface area contributed by atoms with E-state index in [1.807, 2.05) is 0 Å². The van der Waals surface area contributed by atoms with E-state index in [4.69, 9.17) is 0 Å². The van der Waals surface area contributed by atoms with Crippen LogP contribution in [0.5, 0.6) is 0 Å². The van der Waals surface area contributed by atoms with E-state index in [-0.39, 0.29) is 24.8 Å². The second kappa shape index (κ2) is 9.21. The molecule has 4 rings (SSSR count). The van der Waals surface area contributed by atoms with Crippen LogP contribution in [0.25, 0.3) is 0 Å². The molecule has 0 heterocycles. The van der Waals surface area contributed by atoms with Crippen LogP contribution in [0.1, 0.15) is 51.4 Å². The van der Waals surface area contributed by atoms with Crippen LogP contribution in [-0.2, 0) is 23.2 Å². The topological polar surface area (TPSA) is 0 Å². The molecule has 0 unspecified atom stereocenters. The van der Waals surface area contributed by atoms with Crippen molar-refractivity contribution in [1.29, 1.82) is 0 Å². The van der Waals surface area contributed by atoms with Gasteiger partial charge < -0.3 is 24.8 Å². The monoisotopic (exact) mass is 450 g/mol. The maximum atomic E-state index is 2.58. The van der Waals surface area contributed by atoms with Gasteiger partial charge in [0.25, 0.3) is 0 Å². The van der Waals surface area contributed by atoms with Crippen molar-refractivity contribution in [2.45, 2.75) is 57.6 Å². The van der Waals surface area contributed by atoms with Gasteiger partial charge >= 0.3 is 153 Å². The predicted octanol–water partition coefficient (Wildman–Crippen LogP) is 0.647. The van der Waals surface area contributed by atoms with Gasteiger partial charge in [0.2, 0.25) is 0 Å². The van der Waals surface area contributed by atoms with Crippen LogP contribution in [0.2, 0.25) is 6.25 Å². The van der Waals surface area contributed by atoms with Crippen molar-refractivity contribution in [3.05, 3.63) is 71.9 Å². The summed E-state index contributed by atoms with van der Waals surface area (Å²) in [5.74, 6) is 0. The molecule has 0 amide bonds. The zero-order chi connectivity index (χ0) is 15.6. The number of rotatable bonds is 4. The molecule has 0 aromatic rings. The molecule has 0 aromatic carbocycles. The molecule has 0 nitrogen and oxygen atoms in total. The second-order valence-electron chi connectivity index (χ2n) is 7.25. The van der Waals surface area contributed by atoms with Gasteiger partial charge in [0.1, 0.15) is 0 Å². The summed E-state index contributed by atoms with van der Waals surface area (Å²) in [5.41, 5.74) is 3.48. The Morgan fingerprint density at radius 3 is 1.32 bits per heavy atom. The minimum atomic E-state index is -0.782. The molecule has 25 heavy (non-hydrogen) atoms. The Kier molecular flexibility index (Phi) is 7.81. The van der Waals surface area contributed by atoms with Crippen LogP contribution < -0.4 is 24.8 Å². The van der Waals surface area contributed by atoms with E-state index in [9.17, 15) is 0 Å². The summed E-state index contributed by atoms with van der Waals surface area (Å²) >= 11 is -0.782. The molecule has 132 valence electrons. The van der Waals surface area contributed by atoms with E-state index >= 15 is 0 Å². The van der Waals surface area contributed by atoms with Gasteiger partial charge in [-0.05, 0) is 0 Å². The maximum Gasteiger partial charge on any atom is -1.00 e. The third-order valence-electron chi connectivity index (χ3n) is 5.72. The van der Waals surface area contributed by atoms with Gasteiger partial charge in [-0.2, -0.15) is 0 Å². The van der Waals surface area contributed by atoms with E-state index < -0.39 is 23.2 Å². The molecule has 0 aliphatic heterocycles. The zero-order valence-corrected chi connectivity index (χ0v) is 18.7. The average molecular weight is 453 g/mol. The minimum Gasteiger partial charge on any atom is -1.00 e. The van der Waals surface area contributed by atoms with E-state index in [1.54, 1.807) is 11.1 Å². The molecule has 0 bridgehead atoms. The molecule has 0 spiro atoms. The van der Waals surface area contributed by atoms with Crippen molar-refractivity contribution in [1.82, 2.24) is 0 Å². The summed E-state index contributed by atoms with van der Waals surface area (Å²) in [5, 5.41) is 0. The minimum absolute atomic E-state index is 0. The molecule has 0 fully saturated rings. The van der Waals surface area contributed by atoms with Crippen molar-refractivity contribution in [3.8, 4) is 0 Å². The van der Waals surface area contributed by atoms with Gasteiger partial charge in [0, 0.05) is 0 Å². The van der Waals surface area contributed by atoms with Gasteiger partial charge in [0.15, 0.2) is 0 Å². The van der Waals surface area contributed by atoms with Gasteiger partial charge in [-0.3, -0.25) is 0 Å². The van der Waals surface area contributed by atoms with Crippen molar-refractivity contribution in [2.75, 3.05) is 0 Å². The number of hydrogen-bond donors (Lipinski definition) is 0. The summed E-state index contributed by atoms with van der Waals surface area (Å²) < 4.78 is 0.641. The summed E-state index contributed by atoms with van der Waals surface area (Å²) in [6.45, 7) is 0. The van der Waals surface area contributed by atoms with Crippen LogP contribution in [0.15, 0.2) is 71.9 Å². The maximum absolute atomic E-state index is 2.58. The number of allylic oxidation sites excluding steroid dienone is 12. The molecular weight excluding hydrogens is 426 g/mol. The largest absolute Gasteiger partial charge is 1.00 e. The molecule has 3 heteroatoms. The Morgan fingerprint density at radius 1 is 0.600 bits per heavy atom. The molecule has 0 saturated heterocycles. The van der Waals surface area contributed by atoms with Gasteiger partial charge in [-0.1, -0.05) is 0 Å². The van der Waals surface area contributed by atoms with Gasteiger partial charge in [0.05, 0.1) is 0 Å². The first-order valence-electron chi connectivity index (χ1n) is 9.26. The summed E-state index contributed by atoms with van der Waals surface area (Å²) in [4.78, 5) is 0. The molecule has 0 atom stereocenters. The fraction of sp³-hybridized carbons (Fsp3) is 0.455. The van der Waals surface area contributed by atoms with Crippen LogP contribution in [0, 0.1) is 0 Å². The van der Waals surface area contributed by atoms with Crippen molar-refractivity contribution >= 4 is 0 Å². The van der Waals surface area contributed by atoms with Crippen LogP contribution in [0.4, 0.5) is 0 Å². The summed E-state index contributed by atoms with van der Waals surface area (Å²) in [6.07, 6.45) is 35.3. The Morgan fingerprint density at radius 2 is 1.00 bits per heavy atom. The first-order valence-corrected chi connectivity index (χ1v) is 11.7. The number of hydrogen-bond acceptors (Lipinski definition) is 0. The molecule has 0 saturated carbocycles. The first-order chi connectivity index (χ1) is 11.3. The standard InChI is InChI=1S/2C11H13.2ClH.Zr/c2*1-2-6-10(7-3-1)11-8-4-5-9-11;;;/h2*4-6,8-9H,1-3,7H2;2*1H;/q;;;;+2/p-2. The van der Waals surface area contributed by atoms with Crippen molar-refractivity contribution < 1.29 is 48.0 Å². The van der Waals surface area contributed by atoms with Gasteiger partial charge in [-0.15, -0.1) is 0 Å².